The Kier molecular flexibility index (Phi) is 4.90. The molecule has 0 amide bonds. The molecule has 3 atom stereocenters. The number of aryl methyl sites for hydroxylation is 2. The Morgan fingerprint density at radius 2 is 2.19 bits per heavy atom. The van der Waals surface area contributed by atoms with E-state index >= 15 is 0 Å². The summed E-state index contributed by atoms with van der Waals surface area (Å²) in [5.74, 6) is 2.99. The minimum absolute atomic E-state index is 0.343. The van der Waals surface area contributed by atoms with Crippen molar-refractivity contribution < 1.29 is 4.74 Å². The highest BCUT2D eigenvalue weighted by atomic mass is 16.5. The lowest BCUT2D eigenvalue weighted by molar-refractivity contribution is -0.168. The zero-order valence-electron chi connectivity index (χ0n) is 16.3. The number of nitrogens with zero attached hydrogens (tertiary/aromatic N) is 4. The number of rotatable bonds is 5. The molecule has 2 heterocycles. The lowest BCUT2D eigenvalue weighted by Crippen LogP contribution is -2.69. The number of nitrogens with one attached hydrogen (secondary N) is 2. The minimum atomic E-state index is 0.343. The molecule has 26 heavy (non-hydrogen) atoms. The number of aliphatic imine (C=N–C) groups is 1. The fraction of sp³-hybridized carbons (Fsp3) is 0.842. The molecule has 2 aliphatic carbocycles. The third-order valence-corrected chi connectivity index (χ3v) is 6.53. The first kappa shape index (κ1) is 17.8. The van der Waals surface area contributed by atoms with Gasteiger partial charge in [-0.3, -0.25) is 4.99 Å². The average Bonchev–Trinajstić information content (AvgIpc) is 3.00. The molecule has 2 saturated carbocycles. The third-order valence-electron chi connectivity index (χ3n) is 6.53. The van der Waals surface area contributed by atoms with E-state index in [1.165, 1.54) is 19.3 Å². The fourth-order valence-corrected chi connectivity index (χ4v) is 4.80. The molecule has 0 saturated heterocycles. The van der Waals surface area contributed by atoms with Crippen LogP contribution in [0.25, 0.3) is 0 Å². The minimum Gasteiger partial charge on any atom is -0.378 e. The monoisotopic (exact) mass is 360 g/mol. The molecule has 3 aliphatic rings. The maximum atomic E-state index is 5.96. The molecule has 1 spiro atoms. The van der Waals surface area contributed by atoms with Gasteiger partial charge in [-0.1, -0.05) is 13.3 Å². The second-order valence-corrected chi connectivity index (χ2v) is 7.90. The lowest BCUT2D eigenvalue weighted by Gasteiger charge is -2.61. The van der Waals surface area contributed by atoms with Crippen LogP contribution in [0, 0.1) is 5.41 Å². The van der Waals surface area contributed by atoms with Gasteiger partial charge in [0.05, 0.1) is 12.6 Å². The largest absolute Gasteiger partial charge is 0.378 e. The van der Waals surface area contributed by atoms with Gasteiger partial charge in [-0.25, -0.2) is 9.67 Å². The van der Waals surface area contributed by atoms with Gasteiger partial charge in [-0.05, 0) is 32.6 Å². The van der Waals surface area contributed by atoms with Crippen LogP contribution in [0.2, 0.25) is 0 Å². The van der Waals surface area contributed by atoms with Crippen molar-refractivity contribution in [3.8, 4) is 0 Å². The Labute approximate surface area is 156 Å². The molecule has 3 unspecified atom stereocenters. The molecular formula is C19H32N6O. The van der Waals surface area contributed by atoms with E-state index in [0.717, 1.165) is 56.4 Å². The van der Waals surface area contributed by atoms with Gasteiger partial charge >= 0.3 is 0 Å². The molecular weight excluding hydrogens is 328 g/mol. The third kappa shape index (κ3) is 3.00. The predicted molar refractivity (Wildman–Crippen MR) is 101 cm³/mol. The molecule has 144 valence electrons. The second kappa shape index (κ2) is 7.18. The van der Waals surface area contributed by atoms with Gasteiger partial charge < -0.3 is 15.4 Å². The average molecular weight is 361 g/mol. The summed E-state index contributed by atoms with van der Waals surface area (Å²) in [6.45, 7) is 5.88. The van der Waals surface area contributed by atoms with Gasteiger partial charge in [0.2, 0.25) is 0 Å². The van der Waals surface area contributed by atoms with E-state index in [-0.39, 0.29) is 0 Å². The highest BCUT2D eigenvalue weighted by Crippen LogP contribution is 2.57. The highest BCUT2D eigenvalue weighted by molar-refractivity contribution is 5.80. The van der Waals surface area contributed by atoms with Crippen molar-refractivity contribution in [2.24, 2.45) is 10.4 Å². The van der Waals surface area contributed by atoms with Crippen LogP contribution >= 0.6 is 0 Å². The first-order valence-corrected chi connectivity index (χ1v) is 10.2. The van der Waals surface area contributed by atoms with E-state index in [2.05, 4.69) is 44.2 Å². The predicted octanol–water partition coefficient (Wildman–Crippen LogP) is 1.67. The van der Waals surface area contributed by atoms with Crippen molar-refractivity contribution in [3.63, 3.8) is 0 Å². The molecule has 1 aromatic heterocycles. The lowest BCUT2D eigenvalue weighted by atomic mass is 9.51. The Morgan fingerprint density at radius 1 is 1.35 bits per heavy atom. The summed E-state index contributed by atoms with van der Waals surface area (Å²) in [6, 6.07) is 0.830. The molecule has 0 aromatic carbocycles. The van der Waals surface area contributed by atoms with Crippen LogP contribution in [0.15, 0.2) is 4.99 Å². The topological polar surface area (TPSA) is 76.4 Å². The summed E-state index contributed by atoms with van der Waals surface area (Å²) in [6.07, 6.45) is 8.33. The van der Waals surface area contributed by atoms with Gasteiger partial charge in [-0.2, -0.15) is 5.10 Å². The Morgan fingerprint density at radius 3 is 2.85 bits per heavy atom. The quantitative estimate of drug-likeness (QED) is 0.617. The number of aromatic nitrogens is 3. The second-order valence-electron chi connectivity index (χ2n) is 7.90. The SMILES string of the molecule is CCOC1CC(NC(=NC)NC2CCc3nc(CC)nn3C2)C12CCC2. The van der Waals surface area contributed by atoms with Crippen molar-refractivity contribution in [1.82, 2.24) is 25.4 Å². The van der Waals surface area contributed by atoms with Crippen molar-refractivity contribution >= 4 is 5.96 Å². The fourth-order valence-electron chi connectivity index (χ4n) is 4.80. The summed E-state index contributed by atoms with van der Waals surface area (Å²) < 4.78 is 8.03. The molecule has 2 N–H and O–H groups in total. The maximum absolute atomic E-state index is 5.96. The maximum Gasteiger partial charge on any atom is 0.191 e. The normalized spacial score (nSPS) is 29.7. The number of hydrogen-bond acceptors (Lipinski definition) is 4. The van der Waals surface area contributed by atoms with E-state index in [1.807, 2.05) is 7.05 Å². The zero-order valence-corrected chi connectivity index (χ0v) is 16.3. The van der Waals surface area contributed by atoms with Crippen LogP contribution in [0.5, 0.6) is 0 Å². The smallest absolute Gasteiger partial charge is 0.191 e. The van der Waals surface area contributed by atoms with E-state index in [1.54, 1.807) is 0 Å². The Bertz CT molecular complexity index is 665. The molecule has 1 aliphatic heterocycles. The van der Waals surface area contributed by atoms with E-state index in [4.69, 9.17) is 4.74 Å². The molecule has 7 nitrogen and oxygen atoms in total. The van der Waals surface area contributed by atoms with Gasteiger partial charge in [0.25, 0.3) is 0 Å². The van der Waals surface area contributed by atoms with Crippen LogP contribution < -0.4 is 10.6 Å². The van der Waals surface area contributed by atoms with Crippen LogP contribution in [-0.4, -0.2) is 52.6 Å². The van der Waals surface area contributed by atoms with Crippen molar-refractivity contribution in [3.05, 3.63) is 11.6 Å². The van der Waals surface area contributed by atoms with Gasteiger partial charge in [0, 0.05) is 44.0 Å². The van der Waals surface area contributed by atoms with Gasteiger partial charge in [-0.15, -0.1) is 0 Å². The first-order chi connectivity index (χ1) is 12.7. The molecule has 0 bridgehead atoms. The van der Waals surface area contributed by atoms with E-state index in [9.17, 15) is 0 Å². The standard InChI is InChI=1S/C19H32N6O/c1-4-16-23-17-8-7-13(12-25(17)24-16)21-18(20-3)22-14-11-15(26-5-2)19(14)9-6-10-19/h13-15H,4-12H2,1-3H3,(H2,20,21,22). The van der Waals surface area contributed by atoms with Crippen LogP contribution in [0.3, 0.4) is 0 Å². The Balaban J connectivity index is 1.34. The first-order valence-electron chi connectivity index (χ1n) is 10.2. The van der Waals surface area contributed by atoms with Crippen molar-refractivity contribution in [2.45, 2.75) is 83.5 Å². The summed E-state index contributed by atoms with van der Waals surface area (Å²) in [7, 11) is 1.86. The van der Waals surface area contributed by atoms with E-state index in [0.29, 0.717) is 23.6 Å². The molecule has 4 rings (SSSR count). The molecule has 0 radical (unpaired) electrons. The Hall–Kier alpha value is -1.63. The summed E-state index contributed by atoms with van der Waals surface area (Å²) in [4.78, 5) is 9.09. The molecule has 7 heteroatoms. The van der Waals surface area contributed by atoms with Crippen molar-refractivity contribution in [1.29, 1.82) is 0 Å². The van der Waals surface area contributed by atoms with Crippen LogP contribution in [0.1, 0.15) is 57.6 Å². The molecule has 2 fully saturated rings. The van der Waals surface area contributed by atoms with E-state index < -0.39 is 0 Å². The molecule has 1 aromatic rings. The number of fused-ring (bicyclic) bond motifs is 1. The van der Waals surface area contributed by atoms with Crippen LogP contribution in [-0.2, 0) is 24.1 Å². The van der Waals surface area contributed by atoms with Crippen LogP contribution in [0.4, 0.5) is 0 Å². The number of hydrogen-bond donors (Lipinski definition) is 2. The van der Waals surface area contributed by atoms with Crippen molar-refractivity contribution in [2.75, 3.05) is 13.7 Å². The zero-order chi connectivity index (χ0) is 18.1. The van der Waals surface area contributed by atoms with Gasteiger partial charge in [0.1, 0.15) is 5.82 Å². The summed E-state index contributed by atoms with van der Waals surface area (Å²) in [5.41, 5.74) is 0.343. The summed E-state index contributed by atoms with van der Waals surface area (Å²) in [5, 5.41) is 11.9. The number of ether oxygens (including phenoxy) is 1. The number of guanidine groups is 1. The van der Waals surface area contributed by atoms with Gasteiger partial charge in [0.15, 0.2) is 11.8 Å². The summed E-state index contributed by atoms with van der Waals surface area (Å²) >= 11 is 0. The highest BCUT2D eigenvalue weighted by Gasteiger charge is 2.59.